The van der Waals surface area contributed by atoms with E-state index in [-0.39, 0.29) is 17.4 Å². The minimum Gasteiger partial charge on any atom is -0.466 e. The van der Waals surface area contributed by atoms with Gasteiger partial charge in [0.25, 0.3) is 5.91 Å². The minimum atomic E-state index is -4.81. The van der Waals surface area contributed by atoms with Crippen molar-refractivity contribution in [2.75, 3.05) is 50.1 Å². The summed E-state index contributed by atoms with van der Waals surface area (Å²) in [5.41, 5.74) is 8.11. The molecule has 15 heteroatoms. The van der Waals surface area contributed by atoms with Gasteiger partial charge in [-0.1, -0.05) is 6.42 Å². The molecule has 3 N–H and O–H groups in total. The lowest BCUT2D eigenvalue weighted by Gasteiger charge is -2.29. The van der Waals surface area contributed by atoms with Gasteiger partial charge in [-0.05, 0) is 107 Å². The van der Waals surface area contributed by atoms with E-state index in [1.807, 2.05) is 23.4 Å². The first-order chi connectivity index (χ1) is 24.6. The monoisotopic (exact) mass is 705 g/mol. The zero-order chi connectivity index (χ0) is 35.5. The lowest BCUT2D eigenvalue weighted by atomic mass is 9.97. The van der Waals surface area contributed by atoms with Crippen LogP contribution in [0.1, 0.15) is 54.8 Å². The largest absolute Gasteiger partial charge is 0.573 e. The molecule has 1 unspecified atom stereocenters. The molecule has 2 fully saturated rings. The Morgan fingerprint density at radius 1 is 1.08 bits per heavy atom. The first-order valence-electron chi connectivity index (χ1n) is 17.4. The van der Waals surface area contributed by atoms with Gasteiger partial charge in [0.1, 0.15) is 23.0 Å². The number of benzene rings is 2. The van der Waals surface area contributed by atoms with Crippen molar-refractivity contribution in [2.24, 2.45) is 16.8 Å². The highest BCUT2D eigenvalue weighted by Crippen LogP contribution is 2.43. The Labute approximate surface area is 294 Å². The highest BCUT2D eigenvalue weighted by molar-refractivity contribution is 5.99. The Morgan fingerprint density at radius 2 is 1.84 bits per heavy atom. The summed E-state index contributed by atoms with van der Waals surface area (Å²) in [4.78, 5) is 25.9. The lowest BCUT2D eigenvalue weighted by molar-refractivity contribution is -0.274. The van der Waals surface area contributed by atoms with Gasteiger partial charge in [-0.2, -0.15) is 5.10 Å². The van der Waals surface area contributed by atoms with Crippen molar-refractivity contribution in [2.45, 2.75) is 57.7 Å². The standard InChI is InChI=1S/C36H42F3N9O3/c1-45-17-11-24(12-18-45)23-47-16-5-6-26(47)22-41-48-30-20-28-29(21-31(30)50-32(48)13-19-46-14-3-2-4-15-46)43-35(33(40)49)44-34(28)42-25-7-9-27(10-8-25)51-36(37,38)39/h5-10,16,20-22,24,32H,2-4,11-15,17-19,23H2,1H3,(H2,40,49)(H,42,43,44)/b41-22+. The van der Waals surface area contributed by atoms with Crippen molar-refractivity contribution in [1.82, 2.24) is 24.3 Å². The molecule has 0 spiro atoms. The number of hydrazone groups is 1. The maximum Gasteiger partial charge on any atom is 0.573 e. The molecule has 2 saturated heterocycles. The predicted octanol–water partition coefficient (Wildman–Crippen LogP) is 5.95. The molecule has 4 aromatic rings. The number of nitrogens with two attached hydrogens (primary N) is 1. The molecule has 0 radical (unpaired) electrons. The molecule has 5 heterocycles. The first-order valence-corrected chi connectivity index (χ1v) is 17.4. The summed E-state index contributed by atoms with van der Waals surface area (Å²) in [5, 5.41) is 10.6. The van der Waals surface area contributed by atoms with Gasteiger partial charge in [0.2, 0.25) is 5.82 Å². The van der Waals surface area contributed by atoms with Gasteiger partial charge in [-0.25, -0.2) is 15.0 Å². The van der Waals surface area contributed by atoms with Crippen LogP contribution in [0.15, 0.2) is 59.8 Å². The SMILES string of the molecule is CN1CCC(Cn2cccc2/C=N/N2c3cc4c(Nc5ccc(OC(F)(F)F)cc5)nc(C(N)=O)nc4cc3OC2CCN2CCCCC2)CC1. The second kappa shape index (κ2) is 14.8. The molecule has 0 aliphatic carbocycles. The number of halogens is 3. The molecular weight excluding hydrogens is 663 g/mol. The normalized spacial score (nSPS) is 19.1. The lowest BCUT2D eigenvalue weighted by Crippen LogP contribution is -2.37. The number of alkyl halides is 3. The van der Waals surface area contributed by atoms with Gasteiger partial charge in [-0.15, -0.1) is 13.2 Å². The van der Waals surface area contributed by atoms with Crippen molar-refractivity contribution >= 4 is 40.2 Å². The number of amides is 1. The fourth-order valence-corrected chi connectivity index (χ4v) is 7.00. The molecule has 12 nitrogen and oxygen atoms in total. The molecule has 3 aliphatic rings. The number of hydrogen-bond acceptors (Lipinski definition) is 10. The smallest absolute Gasteiger partial charge is 0.466 e. The van der Waals surface area contributed by atoms with Gasteiger partial charge in [0.05, 0.1) is 17.4 Å². The van der Waals surface area contributed by atoms with Crippen LogP contribution in [0.5, 0.6) is 11.5 Å². The van der Waals surface area contributed by atoms with E-state index >= 15 is 0 Å². The van der Waals surface area contributed by atoms with Crippen molar-refractivity contribution in [3.63, 3.8) is 0 Å². The number of nitrogens with one attached hydrogen (secondary N) is 1. The zero-order valence-corrected chi connectivity index (χ0v) is 28.5. The molecule has 2 aromatic carbocycles. The Kier molecular flexibility index (Phi) is 10.0. The number of likely N-dealkylation sites (tertiary alicyclic amines) is 2. The molecule has 1 atom stereocenters. The Bertz CT molecular complexity index is 1870. The third-order valence-corrected chi connectivity index (χ3v) is 9.74. The van der Waals surface area contributed by atoms with Gasteiger partial charge < -0.3 is 34.9 Å². The molecule has 3 aliphatic heterocycles. The third kappa shape index (κ3) is 8.37. The number of piperidine rings is 2. The fraction of sp³-hybridized carbons (Fsp3) is 0.444. The zero-order valence-electron chi connectivity index (χ0n) is 28.5. The Morgan fingerprint density at radius 3 is 2.57 bits per heavy atom. The van der Waals surface area contributed by atoms with Crippen molar-refractivity contribution in [3.05, 3.63) is 66.2 Å². The second-order valence-corrected chi connectivity index (χ2v) is 13.5. The van der Waals surface area contributed by atoms with Crippen molar-refractivity contribution in [3.8, 4) is 11.5 Å². The van der Waals surface area contributed by atoms with E-state index in [4.69, 9.17) is 15.6 Å². The number of aromatic nitrogens is 3. The summed E-state index contributed by atoms with van der Waals surface area (Å²) >= 11 is 0. The van der Waals surface area contributed by atoms with Crippen molar-refractivity contribution < 1.29 is 27.4 Å². The summed E-state index contributed by atoms with van der Waals surface area (Å²) < 4.78 is 51.0. The van der Waals surface area contributed by atoms with Gasteiger partial charge in [0.15, 0.2) is 6.23 Å². The molecular formula is C36H42F3N9O3. The first kappa shape index (κ1) is 34.6. The highest BCUT2D eigenvalue weighted by Gasteiger charge is 2.33. The molecule has 51 heavy (non-hydrogen) atoms. The van der Waals surface area contributed by atoms with Crippen LogP contribution in [-0.2, 0) is 6.54 Å². The summed E-state index contributed by atoms with van der Waals surface area (Å²) in [6.07, 6.45) is 5.40. The summed E-state index contributed by atoms with van der Waals surface area (Å²) in [7, 11) is 2.17. The van der Waals surface area contributed by atoms with Crippen LogP contribution in [-0.4, -0.2) is 88.8 Å². The van der Waals surface area contributed by atoms with Gasteiger partial charge >= 0.3 is 6.36 Å². The van der Waals surface area contributed by atoms with E-state index in [0.717, 1.165) is 57.8 Å². The van der Waals surface area contributed by atoms with E-state index < -0.39 is 18.5 Å². The van der Waals surface area contributed by atoms with Crippen LogP contribution in [0.2, 0.25) is 0 Å². The van der Waals surface area contributed by atoms with Crippen LogP contribution >= 0.6 is 0 Å². The van der Waals surface area contributed by atoms with Crippen LogP contribution in [0, 0.1) is 5.92 Å². The van der Waals surface area contributed by atoms with E-state index in [1.54, 1.807) is 6.07 Å². The number of anilines is 3. The van der Waals surface area contributed by atoms with Crippen LogP contribution in [0.4, 0.5) is 30.4 Å². The number of hydrogen-bond donors (Lipinski definition) is 2. The number of carbonyl (C=O) groups excluding carboxylic acids is 1. The average molecular weight is 706 g/mol. The third-order valence-electron chi connectivity index (χ3n) is 9.74. The quantitative estimate of drug-likeness (QED) is 0.182. The van der Waals surface area contributed by atoms with E-state index in [2.05, 4.69) is 53.7 Å². The summed E-state index contributed by atoms with van der Waals surface area (Å²) in [6, 6.07) is 12.9. The van der Waals surface area contributed by atoms with Gasteiger partial charge in [-0.3, -0.25) is 4.79 Å². The molecule has 7 rings (SSSR count). The number of carbonyl (C=O) groups is 1. The summed E-state index contributed by atoms with van der Waals surface area (Å²) in [6.45, 7) is 6.09. The van der Waals surface area contributed by atoms with Gasteiger partial charge in [0, 0.05) is 42.8 Å². The number of nitrogens with zero attached hydrogens (tertiary/aromatic N) is 7. The predicted molar refractivity (Wildman–Crippen MR) is 189 cm³/mol. The fourth-order valence-electron chi connectivity index (χ4n) is 7.00. The highest BCUT2D eigenvalue weighted by atomic mass is 19.4. The number of fused-ring (bicyclic) bond motifs is 2. The van der Waals surface area contributed by atoms with Crippen LogP contribution < -0.4 is 25.5 Å². The molecule has 0 bridgehead atoms. The minimum absolute atomic E-state index is 0.220. The average Bonchev–Trinajstić information content (AvgIpc) is 3.69. The van der Waals surface area contributed by atoms with Crippen LogP contribution in [0.25, 0.3) is 10.9 Å². The molecule has 1 amide bonds. The Hall–Kier alpha value is -4.89. The summed E-state index contributed by atoms with van der Waals surface area (Å²) in [5.74, 6) is -0.0154. The topological polar surface area (TPSA) is 126 Å². The van der Waals surface area contributed by atoms with Crippen LogP contribution in [0.3, 0.4) is 0 Å². The van der Waals surface area contributed by atoms with E-state index in [0.29, 0.717) is 40.4 Å². The number of rotatable bonds is 11. The molecule has 270 valence electrons. The number of primary amides is 1. The van der Waals surface area contributed by atoms with E-state index in [1.165, 1.54) is 43.5 Å². The maximum atomic E-state index is 12.7. The maximum absolute atomic E-state index is 12.7. The number of ether oxygens (including phenoxy) is 2. The Balaban J connectivity index is 1.20. The van der Waals surface area contributed by atoms with E-state index in [9.17, 15) is 18.0 Å². The second-order valence-electron chi connectivity index (χ2n) is 13.5. The molecule has 0 saturated carbocycles. The van der Waals surface area contributed by atoms with Crippen molar-refractivity contribution in [1.29, 1.82) is 0 Å². The molecule has 2 aromatic heterocycles.